The van der Waals surface area contributed by atoms with E-state index in [1.165, 1.54) is 16.0 Å². The number of rotatable bonds is 5. The van der Waals surface area contributed by atoms with Crippen molar-refractivity contribution in [3.63, 3.8) is 0 Å². The van der Waals surface area contributed by atoms with Gasteiger partial charge in [0.2, 0.25) is 0 Å². The van der Waals surface area contributed by atoms with Gasteiger partial charge >= 0.3 is 0 Å². The van der Waals surface area contributed by atoms with Crippen LogP contribution < -0.4 is 5.73 Å². The molecule has 0 spiro atoms. The van der Waals surface area contributed by atoms with Crippen LogP contribution >= 0.6 is 11.8 Å². The van der Waals surface area contributed by atoms with Crippen LogP contribution in [-0.2, 0) is 0 Å². The Morgan fingerprint density at radius 3 is 2.28 bits per heavy atom. The maximum atomic E-state index is 5.73. The summed E-state index contributed by atoms with van der Waals surface area (Å²) in [5, 5.41) is 0.443. The van der Waals surface area contributed by atoms with Crippen molar-refractivity contribution in [3.8, 4) is 0 Å². The molecular formula is C16H19NS. The molecule has 0 aliphatic heterocycles. The lowest BCUT2D eigenvalue weighted by molar-refractivity contribution is 0.814. The van der Waals surface area contributed by atoms with Gasteiger partial charge in [-0.05, 0) is 37.6 Å². The molecule has 2 heteroatoms. The highest BCUT2D eigenvalue weighted by Crippen LogP contribution is 2.37. The molecule has 0 aliphatic carbocycles. The number of nitrogens with two attached hydrogens (primary N) is 1. The third-order valence-electron chi connectivity index (χ3n) is 2.90. The number of benzene rings is 2. The van der Waals surface area contributed by atoms with E-state index in [1.807, 2.05) is 11.8 Å². The molecule has 18 heavy (non-hydrogen) atoms. The number of aryl methyl sites for hydroxylation is 1. The summed E-state index contributed by atoms with van der Waals surface area (Å²) in [7, 11) is 0. The minimum atomic E-state index is 0.443. The zero-order valence-corrected chi connectivity index (χ0v) is 11.5. The summed E-state index contributed by atoms with van der Waals surface area (Å²) < 4.78 is 0. The van der Waals surface area contributed by atoms with Crippen LogP contribution in [-0.4, -0.2) is 6.54 Å². The van der Waals surface area contributed by atoms with Crippen molar-refractivity contribution < 1.29 is 0 Å². The van der Waals surface area contributed by atoms with Gasteiger partial charge in [-0.25, -0.2) is 0 Å². The Labute approximate surface area is 113 Å². The predicted octanol–water partition coefficient (Wildman–Crippen LogP) is 4.18. The van der Waals surface area contributed by atoms with Gasteiger partial charge in [0.15, 0.2) is 0 Å². The maximum absolute atomic E-state index is 5.73. The van der Waals surface area contributed by atoms with Gasteiger partial charge in [-0.15, -0.1) is 11.8 Å². The fourth-order valence-corrected chi connectivity index (χ4v) is 3.06. The first-order chi connectivity index (χ1) is 8.79. The van der Waals surface area contributed by atoms with Crippen LogP contribution in [0.4, 0.5) is 0 Å². The Kier molecular flexibility index (Phi) is 4.85. The molecule has 1 atom stereocenters. The summed E-state index contributed by atoms with van der Waals surface area (Å²) in [6.07, 6.45) is 1.00. The van der Waals surface area contributed by atoms with E-state index in [-0.39, 0.29) is 0 Å². The van der Waals surface area contributed by atoms with Gasteiger partial charge in [-0.2, -0.15) is 0 Å². The third kappa shape index (κ3) is 3.62. The van der Waals surface area contributed by atoms with Crippen molar-refractivity contribution in [1.29, 1.82) is 0 Å². The summed E-state index contributed by atoms with van der Waals surface area (Å²) in [6.45, 7) is 2.83. The van der Waals surface area contributed by atoms with Crippen LogP contribution in [0.15, 0.2) is 59.5 Å². The van der Waals surface area contributed by atoms with Gasteiger partial charge in [0, 0.05) is 10.1 Å². The minimum Gasteiger partial charge on any atom is -0.330 e. The summed E-state index contributed by atoms with van der Waals surface area (Å²) in [4.78, 5) is 1.31. The first-order valence-electron chi connectivity index (χ1n) is 6.28. The van der Waals surface area contributed by atoms with Crippen LogP contribution in [0.2, 0.25) is 0 Å². The van der Waals surface area contributed by atoms with E-state index in [4.69, 9.17) is 5.73 Å². The van der Waals surface area contributed by atoms with E-state index in [1.54, 1.807) is 0 Å². The van der Waals surface area contributed by atoms with Gasteiger partial charge in [-0.1, -0.05) is 48.0 Å². The zero-order valence-electron chi connectivity index (χ0n) is 10.7. The Balaban J connectivity index is 2.14. The van der Waals surface area contributed by atoms with Crippen molar-refractivity contribution in [1.82, 2.24) is 0 Å². The number of thioether (sulfide) groups is 1. The van der Waals surface area contributed by atoms with Crippen molar-refractivity contribution >= 4 is 11.8 Å². The van der Waals surface area contributed by atoms with E-state index in [9.17, 15) is 0 Å². The molecule has 0 heterocycles. The van der Waals surface area contributed by atoms with E-state index >= 15 is 0 Å². The monoisotopic (exact) mass is 257 g/mol. The fourth-order valence-electron chi connectivity index (χ4n) is 1.89. The average Bonchev–Trinajstić information content (AvgIpc) is 2.42. The number of hydrogen-bond acceptors (Lipinski definition) is 2. The first kappa shape index (κ1) is 13.2. The Bertz CT molecular complexity index is 464. The fraction of sp³-hybridized carbons (Fsp3) is 0.250. The van der Waals surface area contributed by atoms with Gasteiger partial charge in [0.05, 0.1) is 0 Å². The van der Waals surface area contributed by atoms with Crippen molar-refractivity contribution in [3.05, 3.63) is 65.7 Å². The second-order valence-corrected chi connectivity index (χ2v) is 5.68. The molecular weight excluding hydrogens is 238 g/mol. The van der Waals surface area contributed by atoms with Crippen molar-refractivity contribution in [2.24, 2.45) is 5.73 Å². The molecule has 0 radical (unpaired) electrons. The lowest BCUT2D eigenvalue weighted by atomic mass is 10.1. The maximum Gasteiger partial charge on any atom is 0.0356 e. The predicted molar refractivity (Wildman–Crippen MR) is 79.9 cm³/mol. The number of hydrogen-bond donors (Lipinski definition) is 1. The van der Waals surface area contributed by atoms with Crippen molar-refractivity contribution in [2.75, 3.05) is 6.54 Å². The zero-order chi connectivity index (χ0) is 12.8. The van der Waals surface area contributed by atoms with E-state index in [0.717, 1.165) is 13.0 Å². The molecule has 0 amide bonds. The lowest BCUT2D eigenvalue weighted by Crippen LogP contribution is -2.04. The highest BCUT2D eigenvalue weighted by molar-refractivity contribution is 7.99. The molecule has 0 saturated carbocycles. The molecule has 0 bridgehead atoms. The van der Waals surface area contributed by atoms with Gasteiger partial charge in [0.1, 0.15) is 0 Å². The SMILES string of the molecule is Cc1ccc(SC(CCN)c2ccccc2)cc1. The van der Waals surface area contributed by atoms with Gasteiger partial charge in [-0.3, -0.25) is 0 Å². The Hall–Kier alpha value is -1.25. The Morgan fingerprint density at radius 1 is 1.00 bits per heavy atom. The van der Waals surface area contributed by atoms with Crippen LogP contribution in [0.5, 0.6) is 0 Å². The van der Waals surface area contributed by atoms with E-state index < -0.39 is 0 Å². The molecule has 2 aromatic rings. The molecule has 0 fully saturated rings. The van der Waals surface area contributed by atoms with Crippen LogP contribution in [0.1, 0.15) is 22.8 Å². The molecule has 0 aromatic heterocycles. The second-order valence-electron chi connectivity index (χ2n) is 4.41. The van der Waals surface area contributed by atoms with E-state index in [2.05, 4.69) is 61.5 Å². The molecule has 2 N–H and O–H groups in total. The smallest absolute Gasteiger partial charge is 0.0356 e. The van der Waals surface area contributed by atoms with Gasteiger partial charge < -0.3 is 5.73 Å². The van der Waals surface area contributed by atoms with Crippen molar-refractivity contribution in [2.45, 2.75) is 23.5 Å². The highest BCUT2D eigenvalue weighted by Gasteiger charge is 2.11. The average molecular weight is 257 g/mol. The highest BCUT2D eigenvalue weighted by atomic mass is 32.2. The van der Waals surface area contributed by atoms with Crippen LogP contribution in [0, 0.1) is 6.92 Å². The molecule has 2 aromatic carbocycles. The quantitative estimate of drug-likeness (QED) is 0.813. The molecule has 1 unspecified atom stereocenters. The summed E-state index contributed by atoms with van der Waals surface area (Å²) in [5.41, 5.74) is 8.39. The normalized spacial score (nSPS) is 12.3. The molecule has 94 valence electrons. The summed E-state index contributed by atoms with van der Waals surface area (Å²) in [6, 6.07) is 19.3. The van der Waals surface area contributed by atoms with Crippen LogP contribution in [0.3, 0.4) is 0 Å². The second kappa shape index (κ2) is 6.62. The molecule has 0 aliphatic rings. The standard InChI is InChI=1S/C16H19NS/c1-13-7-9-15(10-8-13)18-16(11-12-17)14-5-3-2-4-6-14/h2-10,16H,11-12,17H2,1H3. The molecule has 1 nitrogen and oxygen atoms in total. The summed E-state index contributed by atoms with van der Waals surface area (Å²) in [5.74, 6) is 0. The largest absolute Gasteiger partial charge is 0.330 e. The topological polar surface area (TPSA) is 26.0 Å². The summed E-state index contributed by atoms with van der Waals surface area (Å²) >= 11 is 1.90. The van der Waals surface area contributed by atoms with E-state index in [0.29, 0.717) is 5.25 Å². The minimum absolute atomic E-state index is 0.443. The first-order valence-corrected chi connectivity index (χ1v) is 7.16. The Morgan fingerprint density at radius 2 is 1.67 bits per heavy atom. The van der Waals surface area contributed by atoms with Crippen LogP contribution in [0.25, 0.3) is 0 Å². The molecule has 2 rings (SSSR count). The molecule has 0 saturated heterocycles. The lowest BCUT2D eigenvalue weighted by Gasteiger charge is -2.16. The third-order valence-corrected chi connectivity index (χ3v) is 4.24. The van der Waals surface area contributed by atoms with Gasteiger partial charge in [0.25, 0.3) is 0 Å².